The minimum atomic E-state index is -0.505. The third-order valence-electron chi connectivity index (χ3n) is 4.59. The van der Waals surface area contributed by atoms with E-state index in [1.165, 1.54) is 25.6 Å². The highest BCUT2D eigenvalue weighted by Gasteiger charge is 2.27. The summed E-state index contributed by atoms with van der Waals surface area (Å²) >= 11 is 1.44. The summed E-state index contributed by atoms with van der Waals surface area (Å²) in [6, 6.07) is 4.94. The molecule has 0 spiro atoms. The number of ether oxygens (including phenoxy) is 2. The average molecular weight is 374 g/mol. The number of anilines is 1. The Kier molecular flexibility index (Phi) is 5.18. The molecular weight excluding hydrogens is 352 g/mol. The summed E-state index contributed by atoms with van der Waals surface area (Å²) in [5.74, 6) is 0.695. The predicted molar refractivity (Wildman–Crippen MR) is 102 cm³/mol. The normalized spacial score (nSPS) is 15.9. The predicted octanol–water partition coefficient (Wildman–Crippen LogP) is 3.24. The number of carbonyl (C=O) groups is 2. The Morgan fingerprint density at radius 1 is 1.19 bits per heavy atom. The molecule has 0 saturated heterocycles. The van der Waals surface area contributed by atoms with Crippen molar-refractivity contribution in [2.24, 2.45) is 11.7 Å². The highest BCUT2D eigenvalue weighted by molar-refractivity contribution is 7.17. The number of hydrogen-bond donors (Lipinski definition) is 2. The van der Waals surface area contributed by atoms with Gasteiger partial charge in [0.15, 0.2) is 0 Å². The Labute approximate surface area is 156 Å². The number of thiophene rings is 1. The highest BCUT2D eigenvalue weighted by Crippen LogP contribution is 2.39. The van der Waals surface area contributed by atoms with Gasteiger partial charge in [0.2, 0.25) is 0 Å². The summed E-state index contributed by atoms with van der Waals surface area (Å²) in [6.45, 7) is 2.16. The molecule has 6 nitrogen and oxygen atoms in total. The third-order valence-corrected chi connectivity index (χ3v) is 5.80. The zero-order valence-corrected chi connectivity index (χ0v) is 15.9. The maximum Gasteiger partial charge on any atom is 0.256 e. The van der Waals surface area contributed by atoms with Gasteiger partial charge in [-0.3, -0.25) is 9.59 Å². The largest absolute Gasteiger partial charge is 0.497 e. The van der Waals surface area contributed by atoms with Crippen molar-refractivity contribution in [2.45, 2.75) is 26.2 Å². The van der Waals surface area contributed by atoms with Crippen LogP contribution in [0.25, 0.3) is 0 Å². The lowest BCUT2D eigenvalue weighted by atomic mass is 9.87. The van der Waals surface area contributed by atoms with E-state index in [1.807, 2.05) is 0 Å². The van der Waals surface area contributed by atoms with Crippen LogP contribution in [-0.2, 0) is 12.8 Å². The first-order valence-corrected chi connectivity index (χ1v) is 9.23. The third kappa shape index (κ3) is 3.53. The summed E-state index contributed by atoms with van der Waals surface area (Å²) in [6.07, 6.45) is 2.80. The minimum absolute atomic E-state index is 0.337. The van der Waals surface area contributed by atoms with Crippen LogP contribution in [0.15, 0.2) is 18.2 Å². The fourth-order valence-electron chi connectivity index (χ4n) is 3.22. The van der Waals surface area contributed by atoms with E-state index >= 15 is 0 Å². The number of hydrogen-bond acceptors (Lipinski definition) is 5. The van der Waals surface area contributed by atoms with Gasteiger partial charge < -0.3 is 20.5 Å². The van der Waals surface area contributed by atoms with E-state index in [0.717, 1.165) is 29.7 Å². The van der Waals surface area contributed by atoms with Crippen LogP contribution in [0.3, 0.4) is 0 Å². The molecule has 0 aliphatic heterocycles. The maximum absolute atomic E-state index is 12.7. The Morgan fingerprint density at radius 3 is 2.42 bits per heavy atom. The summed E-state index contributed by atoms with van der Waals surface area (Å²) in [7, 11) is 3.05. The Balaban J connectivity index is 1.94. The molecule has 0 fully saturated rings. The molecule has 1 atom stereocenters. The molecule has 7 heteroatoms. The van der Waals surface area contributed by atoms with E-state index in [1.54, 1.807) is 18.2 Å². The zero-order chi connectivity index (χ0) is 18.8. The standard InChI is InChI=1S/C19H22N2O4S/c1-10-4-5-15-14(6-10)16(17(20)22)19(26-15)21-18(23)11-7-12(24-2)9-13(8-11)25-3/h7-10H,4-6H2,1-3H3,(H2,20,22)(H,21,23)/t10-/m1/s1. The summed E-state index contributed by atoms with van der Waals surface area (Å²) < 4.78 is 10.4. The molecule has 26 heavy (non-hydrogen) atoms. The quantitative estimate of drug-likeness (QED) is 0.840. The molecule has 2 aromatic rings. The minimum Gasteiger partial charge on any atom is -0.497 e. The Hall–Kier alpha value is -2.54. The monoisotopic (exact) mass is 374 g/mol. The van der Waals surface area contributed by atoms with Gasteiger partial charge in [-0.2, -0.15) is 0 Å². The number of aryl methyl sites for hydroxylation is 1. The highest BCUT2D eigenvalue weighted by atomic mass is 32.1. The molecule has 0 saturated carbocycles. The van der Waals surface area contributed by atoms with Gasteiger partial charge in [0, 0.05) is 16.5 Å². The summed E-state index contributed by atoms with van der Waals surface area (Å²) in [4.78, 5) is 25.9. The number of carbonyl (C=O) groups excluding carboxylic acids is 2. The molecule has 3 rings (SSSR count). The van der Waals surface area contributed by atoms with Crippen molar-refractivity contribution in [1.29, 1.82) is 0 Å². The molecule has 1 aliphatic rings. The zero-order valence-electron chi connectivity index (χ0n) is 15.0. The summed E-state index contributed by atoms with van der Waals surface area (Å²) in [5.41, 5.74) is 7.43. The molecule has 1 aliphatic carbocycles. The Bertz CT molecular complexity index is 837. The lowest BCUT2D eigenvalue weighted by Gasteiger charge is -2.18. The Morgan fingerprint density at radius 2 is 1.85 bits per heavy atom. The molecule has 1 heterocycles. The van der Waals surface area contributed by atoms with Gasteiger partial charge in [-0.25, -0.2) is 0 Å². The van der Waals surface area contributed by atoms with Crippen molar-refractivity contribution in [3.8, 4) is 11.5 Å². The first kappa shape index (κ1) is 18.3. The van der Waals surface area contributed by atoms with Gasteiger partial charge in [-0.15, -0.1) is 11.3 Å². The number of nitrogens with one attached hydrogen (secondary N) is 1. The molecule has 3 N–H and O–H groups in total. The lowest BCUT2D eigenvalue weighted by molar-refractivity contribution is 0.1000. The van der Waals surface area contributed by atoms with Crippen molar-refractivity contribution >= 4 is 28.2 Å². The van der Waals surface area contributed by atoms with Crippen LogP contribution in [-0.4, -0.2) is 26.0 Å². The molecule has 138 valence electrons. The number of nitrogens with two attached hydrogens (primary N) is 1. The van der Waals surface area contributed by atoms with Gasteiger partial charge in [0.1, 0.15) is 16.5 Å². The van der Waals surface area contributed by atoms with Crippen LogP contribution in [0.1, 0.15) is 44.5 Å². The first-order chi connectivity index (χ1) is 12.4. The van der Waals surface area contributed by atoms with Crippen molar-refractivity contribution in [2.75, 3.05) is 19.5 Å². The topological polar surface area (TPSA) is 90.7 Å². The van der Waals surface area contributed by atoms with Crippen LogP contribution < -0.4 is 20.5 Å². The molecule has 0 unspecified atom stereocenters. The fraction of sp³-hybridized carbons (Fsp3) is 0.368. The number of amides is 2. The van der Waals surface area contributed by atoms with Crippen LogP contribution >= 0.6 is 11.3 Å². The molecule has 1 aromatic heterocycles. The smallest absolute Gasteiger partial charge is 0.256 e. The van der Waals surface area contributed by atoms with E-state index in [2.05, 4.69) is 12.2 Å². The van der Waals surface area contributed by atoms with E-state index in [4.69, 9.17) is 15.2 Å². The molecule has 0 bridgehead atoms. The number of fused-ring (bicyclic) bond motifs is 1. The van der Waals surface area contributed by atoms with Crippen molar-refractivity contribution in [1.82, 2.24) is 0 Å². The number of methoxy groups -OCH3 is 2. The van der Waals surface area contributed by atoms with Gasteiger partial charge in [-0.05, 0) is 42.9 Å². The van der Waals surface area contributed by atoms with E-state index < -0.39 is 5.91 Å². The van der Waals surface area contributed by atoms with E-state index in [-0.39, 0.29) is 5.91 Å². The molecule has 2 amide bonds. The second-order valence-electron chi connectivity index (χ2n) is 6.48. The van der Waals surface area contributed by atoms with Crippen molar-refractivity contribution in [3.63, 3.8) is 0 Å². The van der Waals surface area contributed by atoms with Gasteiger partial charge >= 0.3 is 0 Å². The van der Waals surface area contributed by atoms with Crippen LogP contribution in [0.4, 0.5) is 5.00 Å². The van der Waals surface area contributed by atoms with E-state index in [0.29, 0.717) is 33.5 Å². The van der Waals surface area contributed by atoms with Crippen LogP contribution in [0.5, 0.6) is 11.5 Å². The van der Waals surface area contributed by atoms with Crippen molar-refractivity contribution in [3.05, 3.63) is 39.8 Å². The van der Waals surface area contributed by atoms with E-state index in [9.17, 15) is 9.59 Å². The summed E-state index contributed by atoms with van der Waals surface area (Å²) in [5, 5.41) is 3.37. The average Bonchev–Trinajstić information content (AvgIpc) is 2.98. The number of benzene rings is 1. The van der Waals surface area contributed by atoms with Gasteiger partial charge in [0.05, 0.1) is 19.8 Å². The first-order valence-electron chi connectivity index (χ1n) is 8.41. The number of rotatable bonds is 5. The van der Waals surface area contributed by atoms with Crippen LogP contribution in [0, 0.1) is 5.92 Å². The number of primary amides is 1. The second-order valence-corrected chi connectivity index (χ2v) is 7.58. The van der Waals surface area contributed by atoms with Crippen LogP contribution in [0.2, 0.25) is 0 Å². The molecule has 1 aromatic carbocycles. The second kappa shape index (κ2) is 7.37. The fourth-order valence-corrected chi connectivity index (χ4v) is 4.47. The maximum atomic E-state index is 12.7. The SMILES string of the molecule is COc1cc(OC)cc(C(=O)Nc2sc3c(c2C(N)=O)C[C@H](C)CC3)c1. The lowest BCUT2D eigenvalue weighted by Crippen LogP contribution is -2.20. The molecular formula is C19H22N2O4S. The molecule has 0 radical (unpaired) electrons. The van der Waals surface area contributed by atoms with Crippen molar-refractivity contribution < 1.29 is 19.1 Å². The van der Waals surface area contributed by atoms with Gasteiger partial charge in [0.25, 0.3) is 11.8 Å². The van der Waals surface area contributed by atoms with Gasteiger partial charge in [-0.1, -0.05) is 6.92 Å².